The lowest BCUT2D eigenvalue weighted by molar-refractivity contribution is 0.0694. The summed E-state index contributed by atoms with van der Waals surface area (Å²) in [5.74, 6) is 0.597. The monoisotopic (exact) mass is 233 g/mol. The Kier molecular flexibility index (Phi) is 12.8. The average molecular weight is 233 g/mol. The van der Waals surface area contributed by atoms with Crippen molar-refractivity contribution in [1.29, 1.82) is 0 Å². The fraction of sp³-hybridized carbons (Fsp3) is 1.00. The molecule has 16 heavy (non-hydrogen) atoms. The molecule has 0 amide bonds. The fourth-order valence-corrected chi connectivity index (χ4v) is 1.48. The van der Waals surface area contributed by atoms with Gasteiger partial charge in [0.05, 0.1) is 13.2 Å². The summed E-state index contributed by atoms with van der Waals surface area (Å²) in [7, 11) is 1.68. The highest BCUT2D eigenvalue weighted by Crippen LogP contribution is 2.05. The van der Waals surface area contributed by atoms with Crippen LogP contribution in [0.3, 0.4) is 0 Å². The van der Waals surface area contributed by atoms with E-state index in [4.69, 9.17) is 14.6 Å². The topological polar surface area (TPSA) is 50.7 Å². The van der Waals surface area contributed by atoms with Gasteiger partial charge in [-0.15, -0.1) is 0 Å². The van der Waals surface area contributed by atoms with Crippen LogP contribution in [0.5, 0.6) is 0 Å². The van der Waals surface area contributed by atoms with Crippen molar-refractivity contribution in [3.05, 3.63) is 0 Å². The average Bonchev–Trinajstić information content (AvgIpc) is 2.31. The summed E-state index contributed by atoms with van der Waals surface area (Å²) in [5, 5.41) is 12.2. The van der Waals surface area contributed by atoms with Crippen molar-refractivity contribution < 1.29 is 14.6 Å². The molecule has 0 aromatic carbocycles. The number of methoxy groups -OCH3 is 1. The van der Waals surface area contributed by atoms with E-state index >= 15 is 0 Å². The van der Waals surface area contributed by atoms with E-state index in [1.165, 1.54) is 0 Å². The zero-order valence-corrected chi connectivity index (χ0v) is 10.7. The first-order chi connectivity index (χ1) is 7.85. The SMILES string of the molecule is CCC(CCO)CNCCCOCCOC. The molecule has 1 atom stereocenters. The number of rotatable bonds is 12. The molecule has 4 heteroatoms. The van der Waals surface area contributed by atoms with E-state index in [9.17, 15) is 0 Å². The standard InChI is InChI=1S/C12H27NO3/c1-3-12(5-7-14)11-13-6-4-8-16-10-9-15-2/h12-14H,3-11H2,1-2H3. The van der Waals surface area contributed by atoms with Crippen LogP contribution >= 0.6 is 0 Å². The van der Waals surface area contributed by atoms with E-state index in [0.717, 1.165) is 39.0 Å². The summed E-state index contributed by atoms with van der Waals surface area (Å²) >= 11 is 0. The number of aliphatic hydroxyl groups is 1. The van der Waals surface area contributed by atoms with Crippen LogP contribution in [0.25, 0.3) is 0 Å². The minimum Gasteiger partial charge on any atom is -0.396 e. The van der Waals surface area contributed by atoms with Crippen LogP contribution in [-0.4, -0.2) is 51.7 Å². The molecule has 0 saturated heterocycles. The Bertz CT molecular complexity index is 133. The third-order valence-electron chi connectivity index (χ3n) is 2.62. The summed E-state index contributed by atoms with van der Waals surface area (Å²) in [6.07, 6.45) is 3.05. The summed E-state index contributed by atoms with van der Waals surface area (Å²) in [4.78, 5) is 0. The Morgan fingerprint density at radius 3 is 2.69 bits per heavy atom. The molecule has 0 bridgehead atoms. The molecular formula is C12H27NO3. The second-order valence-electron chi connectivity index (χ2n) is 3.95. The second-order valence-corrected chi connectivity index (χ2v) is 3.95. The number of nitrogens with one attached hydrogen (secondary N) is 1. The Balaban J connectivity index is 3.12. The van der Waals surface area contributed by atoms with Crippen molar-refractivity contribution in [1.82, 2.24) is 5.32 Å². The molecule has 0 aliphatic heterocycles. The summed E-state index contributed by atoms with van der Waals surface area (Å²) in [6, 6.07) is 0. The maximum absolute atomic E-state index is 8.83. The van der Waals surface area contributed by atoms with Crippen LogP contribution in [0.4, 0.5) is 0 Å². The van der Waals surface area contributed by atoms with E-state index in [2.05, 4.69) is 12.2 Å². The highest BCUT2D eigenvalue weighted by Gasteiger charge is 2.03. The zero-order valence-electron chi connectivity index (χ0n) is 10.7. The van der Waals surface area contributed by atoms with E-state index < -0.39 is 0 Å². The van der Waals surface area contributed by atoms with Crippen LogP contribution < -0.4 is 5.32 Å². The molecule has 1 unspecified atom stereocenters. The number of ether oxygens (including phenoxy) is 2. The van der Waals surface area contributed by atoms with Crippen molar-refractivity contribution in [2.75, 3.05) is 46.6 Å². The molecule has 0 rings (SSSR count). The minimum absolute atomic E-state index is 0.292. The summed E-state index contributed by atoms with van der Waals surface area (Å²) in [6.45, 7) is 6.56. The van der Waals surface area contributed by atoms with Gasteiger partial charge in [0.15, 0.2) is 0 Å². The Labute approximate surface area is 99.3 Å². The van der Waals surface area contributed by atoms with Crippen molar-refractivity contribution in [3.8, 4) is 0 Å². The second kappa shape index (κ2) is 12.9. The predicted octanol–water partition coefficient (Wildman–Crippen LogP) is 1.04. The first-order valence-corrected chi connectivity index (χ1v) is 6.23. The Morgan fingerprint density at radius 2 is 2.06 bits per heavy atom. The first kappa shape index (κ1) is 15.8. The molecule has 0 aliphatic carbocycles. The van der Waals surface area contributed by atoms with Crippen LogP contribution in [0, 0.1) is 5.92 Å². The maximum Gasteiger partial charge on any atom is 0.0700 e. The minimum atomic E-state index is 0.292. The molecule has 0 aliphatic rings. The normalized spacial score (nSPS) is 12.9. The van der Waals surface area contributed by atoms with Gasteiger partial charge in [-0.3, -0.25) is 0 Å². The van der Waals surface area contributed by atoms with Crippen molar-refractivity contribution in [2.45, 2.75) is 26.2 Å². The smallest absolute Gasteiger partial charge is 0.0700 e. The molecular weight excluding hydrogens is 206 g/mol. The van der Waals surface area contributed by atoms with E-state index in [-0.39, 0.29) is 0 Å². The largest absolute Gasteiger partial charge is 0.396 e. The zero-order chi connectivity index (χ0) is 12.1. The molecule has 0 aromatic heterocycles. The molecule has 0 spiro atoms. The van der Waals surface area contributed by atoms with E-state index in [0.29, 0.717) is 25.7 Å². The molecule has 0 fully saturated rings. The van der Waals surface area contributed by atoms with Gasteiger partial charge in [0.2, 0.25) is 0 Å². The molecule has 98 valence electrons. The predicted molar refractivity (Wildman–Crippen MR) is 65.7 cm³/mol. The molecule has 0 saturated carbocycles. The van der Waals surface area contributed by atoms with Gasteiger partial charge in [-0.1, -0.05) is 13.3 Å². The third-order valence-corrected chi connectivity index (χ3v) is 2.62. The molecule has 0 heterocycles. The van der Waals surface area contributed by atoms with Crippen molar-refractivity contribution in [3.63, 3.8) is 0 Å². The fourth-order valence-electron chi connectivity index (χ4n) is 1.48. The van der Waals surface area contributed by atoms with Gasteiger partial charge >= 0.3 is 0 Å². The van der Waals surface area contributed by atoms with Crippen molar-refractivity contribution >= 4 is 0 Å². The van der Waals surface area contributed by atoms with Crippen LogP contribution in [-0.2, 0) is 9.47 Å². The van der Waals surface area contributed by atoms with Gasteiger partial charge < -0.3 is 19.9 Å². The number of hydrogen-bond acceptors (Lipinski definition) is 4. The molecule has 0 aromatic rings. The summed E-state index contributed by atoms with van der Waals surface area (Å²) < 4.78 is 10.2. The van der Waals surface area contributed by atoms with Gasteiger partial charge in [0.1, 0.15) is 0 Å². The van der Waals surface area contributed by atoms with E-state index in [1.54, 1.807) is 7.11 Å². The molecule has 4 nitrogen and oxygen atoms in total. The molecule has 0 radical (unpaired) electrons. The lowest BCUT2D eigenvalue weighted by Crippen LogP contribution is -2.25. The molecule has 2 N–H and O–H groups in total. The van der Waals surface area contributed by atoms with Gasteiger partial charge in [0, 0.05) is 20.3 Å². The lowest BCUT2D eigenvalue weighted by atomic mass is 10.0. The van der Waals surface area contributed by atoms with Crippen molar-refractivity contribution in [2.24, 2.45) is 5.92 Å². The van der Waals surface area contributed by atoms with Gasteiger partial charge in [-0.2, -0.15) is 0 Å². The van der Waals surface area contributed by atoms with E-state index in [1.807, 2.05) is 0 Å². The quantitative estimate of drug-likeness (QED) is 0.495. The highest BCUT2D eigenvalue weighted by atomic mass is 16.5. The Hall–Kier alpha value is -0.160. The van der Waals surface area contributed by atoms with Crippen LogP contribution in [0.1, 0.15) is 26.2 Å². The van der Waals surface area contributed by atoms with Gasteiger partial charge in [-0.05, 0) is 31.8 Å². The van der Waals surface area contributed by atoms with Crippen LogP contribution in [0.15, 0.2) is 0 Å². The van der Waals surface area contributed by atoms with Gasteiger partial charge in [0.25, 0.3) is 0 Å². The first-order valence-electron chi connectivity index (χ1n) is 6.23. The lowest BCUT2D eigenvalue weighted by Gasteiger charge is -2.14. The highest BCUT2D eigenvalue weighted by molar-refractivity contribution is 4.60. The van der Waals surface area contributed by atoms with Gasteiger partial charge in [-0.25, -0.2) is 0 Å². The number of aliphatic hydroxyl groups excluding tert-OH is 1. The van der Waals surface area contributed by atoms with Crippen LogP contribution in [0.2, 0.25) is 0 Å². The summed E-state index contributed by atoms with van der Waals surface area (Å²) in [5.41, 5.74) is 0. The Morgan fingerprint density at radius 1 is 1.25 bits per heavy atom. The third kappa shape index (κ3) is 10.4. The maximum atomic E-state index is 8.83. The number of hydrogen-bond donors (Lipinski definition) is 2.